The lowest BCUT2D eigenvalue weighted by Crippen LogP contribution is -2.19. The topological polar surface area (TPSA) is 61.7 Å². The molecule has 4 nitrogen and oxygen atoms in total. The zero-order valence-electron chi connectivity index (χ0n) is 15.2. The number of hydrogen-bond donors (Lipinski definition) is 2. The van der Waals surface area contributed by atoms with Crippen molar-refractivity contribution in [1.82, 2.24) is 5.48 Å². The molecular weight excluding hydrogens is 554 g/mol. The number of aryl methyl sites for hydroxylation is 3. The minimum atomic E-state index is 0.117. The van der Waals surface area contributed by atoms with Gasteiger partial charge in [-0.3, -0.25) is 20.5 Å². The zero-order valence-corrected chi connectivity index (χ0v) is 19.5. The first-order chi connectivity index (χ1) is 12.5. The second kappa shape index (κ2) is 12.4. The number of hydrogen-bond acceptors (Lipinski definition) is 3. The van der Waals surface area contributed by atoms with Gasteiger partial charge in [-0.05, 0) is 49.8 Å². The number of ketones is 1. The van der Waals surface area contributed by atoms with Crippen LogP contribution in [-0.2, 0) is 12.8 Å². The van der Waals surface area contributed by atoms with Gasteiger partial charge in [-0.15, -0.1) is 0 Å². The summed E-state index contributed by atoms with van der Waals surface area (Å²) in [5.74, 6) is 0.578. The number of benzene rings is 2. The van der Waals surface area contributed by atoms with Gasteiger partial charge < -0.3 is 0 Å². The molecule has 0 unspecified atom stereocenters. The average Bonchev–Trinajstić information content (AvgIpc) is 2.65. The van der Waals surface area contributed by atoms with E-state index in [-0.39, 0.29) is 5.78 Å². The number of nitrogens with zero attached hydrogens (tertiary/aromatic N) is 1. The van der Waals surface area contributed by atoms with Gasteiger partial charge in [0.25, 0.3) is 0 Å². The zero-order chi connectivity index (χ0) is 19.5. The van der Waals surface area contributed by atoms with Crippen molar-refractivity contribution in [1.29, 1.82) is 0 Å². The lowest BCUT2D eigenvalue weighted by atomic mass is 9.98. The first-order valence-electron chi connectivity index (χ1n) is 8.26. The smallest absolute Gasteiger partial charge is 0.160 e. The van der Waals surface area contributed by atoms with Crippen molar-refractivity contribution in [3.8, 4) is 0 Å². The summed E-state index contributed by atoms with van der Waals surface area (Å²) in [5, 5.41) is 8.99. The molecule has 0 saturated carbocycles. The van der Waals surface area contributed by atoms with Gasteiger partial charge in [0.15, 0.2) is 11.6 Å². The Morgan fingerprint density at radius 1 is 1.08 bits per heavy atom. The van der Waals surface area contributed by atoms with Crippen LogP contribution < -0.4 is 5.48 Å². The van der Waals surface area contributed by atoms with Gasteiger partial charge in [0, 0.05) is 55.4 Å². The van der Waals surface area contributed by atoms with E-state index in [9.17, 15) is 4.79 Å². The molecule has 0 heterocycles. The maximum absolute atomic E-state index is 11.5. The Labute approximate surface area is 178 Å². The van der Waals surface area contributed by atoms with Crippen LogP contribution in [-0.4, -0.2) is 23.9 Å². The van der Waals surface area contributed by atoms with E-state index in [0.717, 1.165) is 36.0 Å². The third-order valence-corrected chi connectivity index (χ3v) is 4.16. The summed E-state index contributed by atoms with van der Waals surface area (Å²) in [4.78, 5) is 15.4. The number of hydroxylamine groups is 1. The summed E-state index contributed by atoms with van der Waals surface area (Å²) in [6.45, 7) is 3.59. The molecule has 0 aromatic heterocycles. The van der Waals surface area contributed by atoms with Crippen molar-refractivity contribution >= 4 is 48.9 Å². The lowest BCUT2D eigenvalue weighted by molar-refractivity contribution is 0.101. The molecule has 0 amide bonds. The van der Waals surface area contributed by atoms with Gasteiger partial charge in [0.2, 0.25) is 0 Å². The maximum Gasteiger partial charge on any atom is 0.160 e. The summed E-state index contributed by atoms with van der Waals surface area (Å²) in [6, 6.07) is 14.1. The largest absolute Gasteiger partial charge is 0.295 e. The second-order valence-corrected chi connectivity index (χ2v) is 5.94. The fourth-order valence-electron chi connectivity index (χ4n) is 2.85. The number of Topliss-reactive ketones (excluding diaryl/α,β-unsaturated/α-hetero) is 1. The Bertz CT molecular complexity index is 744. The minimum absolute atomic E-state index is 0.117. The van der Waals surface area contributed by atoms with Crippen LogP contribution in [0.1, 0.15) is 46.0 Å². The highest BCUT2D eigenvalue weighted by Crippen LogP contribution is 2.15. The highest BCUT2D eigenvalue weighted by atomic mass is 128. The van der Waals surface area contributed by atoms with Gasteiger partial charge in [-0.2, -0.15) is 0 Å². The van der Waals surface area contributed by atoms with Crippen molar-refractivity contribution in [2.24, 2.45) is 4.99 Å². The summed E-state index contributed by atoms with van der Waals surface area (Å²) < 4.78 is 0. The third kappa shape index (κ3) is 6.96. The number of carbonyl (C=O) groups excluding carboxylic acids is 1. The maximum atomic E-state index is 11.5. The van der Waals surface area contributed by atoms with Crippen molar-refractivity contribution in [3.63, 3.8) is 0 Å². The number of carbonyl (C=O) groups is 1. The first kappa shape index (κ1) is 23.0. The first-order valence-corrected chi connectivity index (χ1v) is 14.5. The van der Waals surface area contributed by atoms with Crippen molar-refractivity contribution in [2.75, 3.05) is 7.05 Å². The van der Waals surface area contributed by atoms with E-state index in [2.05, 4.69) is 65.9 Å². The molecule has 6 heteroatoms. The van der Waals surface area contributed by atoms with Crippen LogP contribution in [0.25, 0.3) is 0 Å². The van der Waals surface area contributed by atoms with Gasteiger partial charge >= 0.3 is 0 Å². The number of aliphatic imine (C=N–C) groups is 1. The lowest BCUT2D eigenvalue weighted by Gasteiger charge is -2.08. The molecule has 0 radical (unpaired) electrons. The van der Waals surface area contributed by atoms with E-state index >= 15 is 0 Å². The van der Waals surface area contributed by atoms with E-state index in [1.165, 1.54) is 11.1 Å². The Morgan fingerprint density at radius 3 is 2.15 bits per heavy atom. The number of rotatable bonds is 6. The van der Waals surface area contributed by atoms with Gasteiger partial charge in [-0.1, -0.05) is 42.5 Å². The third-order valence-electron chi connectivity index (χ3n) is 4.16. The molecule has 0 spiro atoms. The van der Waals surface area contributed by atoms with Gasteiger partial charge in [0.05, 0.1) is 0 Å². The number of halogens is 2. The SMILES string of the molecule is CN=C(NO)c1ccc(CCCc2ccc(C(C)=O)c(C)c2)cc1.II. The monoisotopic (exact) mass is 578 g/mol. The molecule has 26 heavy (non-hydrogen) atoms. The molecule has 0 fully saturated rings. The van der Waals surface area contributed by atoms with Crippen LogP contribution in [0.5, 0.6) is 0 Å². The molecule has 2 rings (SSSR count). The summed E-state index contributed by atoms with van der Waals surface area (Å²) in [7, 11) is 1.63. The van der Waals surface area contributed by atoms with Crippen LogP contribution in [0.2, 0.25) is 0 Å². The van der Waals surface area contributed by atoms with Crippen molar-refractivity contribution in [3.05, 3.63) is 70.3 Å². The highest BCUT2D eigenvalue weighted by molar-refractivity contribution is 15.0. The van der Waals surface area contributed by atoms with Crippen LogP contribution in [0, 0.1) is 6.92 Å². The Balaban J connectivity index is 0.00000163. The summed E-state index contributed by atoms with van der Waals surface area (Å²) >= 11 is 4.24. The van der Waals surface area contributed by atoms with Crippen molar-refractivity contribution < 1.29 is 10.0 Å². The van der Waals surface area contributed by atoms with E-state index in [4.69, 9.17) is 5.21 Å². The van der Waals surface area contributed by atoms with E-state index in [0.29, 0.717) is 5.84 Å². The van der Waals surface area contributed by atoms with Gasteiger partial charge in [0.1, 0.15) is 0 Å². The number of nitrogens with one attached hydrogen (secondary N) is 1. The molecule has 0 saturated heterocycles. The standard InChI is InChI=1S/C20H24N2O2.I2/c1-14-13-17(9-12-19(14)15(2)23)6-4-5-16-7-10-18(11-8-16)20(21-3)22-24;1-2/h7-13,24H,4-6H2,1-3H3,(H,21,22);. The summed E-state index contributed by atoms with van der Waals surface area (Å²) in [5.41, 5.74) is 7.33. The van der Waals surface area contributed by atoms with Crippen LogP contribution in [0.4, 0.5) is 0 Å². The fraction of sp³-hybridized carbons (Fsp3) is 0.300. The van der Waals surface area contributed by atoms with Crippen molar-refractivity contribution in [2.45, 2.75) is 33.1 Å². The normalized spacial score (nSPS) is 10.8. The molecule has 2 aromatic carbocycles. The second-order valence-electron chi connectivity index (χ2n) is 5.94. The fourth-order valence-corrected chi connectivity index (χ4v) is 2.85. The molecule has 0 atom stereocenters. The molecule has 2 aromatic rings. The van der Waals surface area contributed by atoms with E-state index < -0.39 is 0 Å². The molecule has 0 bridgehead atoms. The van der Waals surface area contributed by atoms with Gasteiger partial charge in [-0.25, -0.2) is 0 Å². The Morgan fingerprint density at radius 2 is 1.65 bits per heavy atom. The molecule has 2 N–H and O–H groups in total. The molecule has 0 aliphatic rings. The van der Waals surface area contributed by atoms with E-state index in [1.807, 2.05) is 31.2 Å². The average molecular weight is 578 g/mol. The minimum Gasteiger partial charge on any atom is -0.295 e. The molecule has 0 aliphatic heterocycles. The molecule has 140 valence electrons. The van der Waals surface area contributed by atoms with Crippen LogP contribution in [0.15, 0.2) is 47.5 Å². The molecular formula is C20H24I2N2O2. The van der Waals surface area contributed by atoms with E-state index in [1.54, 1.807) is 14.0 Å². The van der Waals surface area contributed by atoms with Crippen LogP contribution in [0.3, 0.4) is 0 Å². The Kier molecular flexibility index (Phi) is 11.0. The summed E-state index contributed by atoms with van der Waals surface area (Å²) in [6.07, 6.45) is 3.02. The predicted octanol–water partition coefficient (Wildman–Crippen LogP) is 5.50. The Hall–Kier alpha value is -1.000. The molecule has 0 aliphatic carbocycles. The highest BCUT2D eigenvalue weighted by Gasteiger charge is 2.05. The predicted molar refractivity (Wildman–Crippen MR) is 125 cm³/mol. The number of amidine groups is 1. The quantitative estimate of drug-likeness (QED) is 0.157. The van der Waals surface area contributed by atoms with Crippen LogP contribution >= 0.6 is 37.2 Å².